The van der Waals surface area contributed by atoms with E-state index >= 15 is 0 Å². The van der Waals surface area contributed by atoms with Crippen LogP contribution in [-0.4, -0.2) is 8.97 Å². The summed E-state index contributed by atoms with van der Waals surface area (Å²) in [6.45, 7) is 0. The van der Waals surface area contributed by atoms with E-state index in [-0.39, 0.29) is 5.56 Å². The van der Waals surface area contributed by atoms with Crippen molar-refractivity contribution in [2.45, 2.75) is 0 Å². The van der Waals surface area contributed by atoms with Crippen molar-refractivity contribution in [3.63, 3.8) is 0 Å². The molecule has 5 heteroatoms. The van der Waals surface area contributed by atoms with E-state index in [1.807, 2.05) is 95.6 Å². The second-order valence-electron chi connectivity index (χ2n) is 9.59. The van der Waals surface area contributed by atoms with E-state index in [1.165, 1.54) is 0 Å². The largest absolute Gasteiger partial charge is 0.308 e. The summed E-state index contributed by atoms with van der Waals surface area (Å²) in [6, 6.07) is 35.6. The maximum Gasteiger partial charge on any atom is 0.263 e. The summed E-state index contributed by atoms with van der Waals surface area (Å²) in [7, 11) is 0. The van der Waals surface area contributed by atoms with Gasteiger partial charge >= 0.3 is 0 Å². The topological polar surface area (TPSA) is 74.0 Å². The maximum atomic E-state index is 14.0. The van der Waals surface area contributed by atoms with Crippen LogP contribution in [0.15, 0.2) is 102 Å². The molecule has 0 amide bonds. The van der Waals surface area contributed by atoms with Crippen molar-refractivity contribution in [3.05, 3.63) is 119 Å². The number of hydrogen-bond donors (Lipinski definition) is 0. The molecular formula is C33H16N4O. The van der Waals surface area contributed by atoms with Gasteiger partial charge in [-0.1, -0.05) is 48.5 Å². The lowest BCUT2D eigenvalue weighted by Gasteiger charge is -2.15. The Morgan fingerprint density at radius 3 is 1.89 bits per heavy atom. The highest BCUT2D eigenvalue weighted by Crippen LogP contribution is 2.45. The fourth-order valence-electron chi connectivity index (χ4n) is 6.14. The molecule has 0 N–H and O–H groups in total. The van der Waals surface area contributed by atoms with Crippen molar-refractivity contribution in [3.8, 4) is 17.8 Å². The molecule has 5 nitrogen and oxygen atoms in total. The van der Waals surface area contributed by atoms with E-state index < -0.39 is 0 Å². The summed E-state index contributed by atoms with van der Waals surface area (Å²) in [5.74, 6) is 0. The Balaban J connectivity index is 1.77. The molecular weight excluding hydrogens is 468 g/mol. The number of nitriles is 2. The Morgan fingerprint density at radius 1 is 0.553 bits per heavy atom. The van der Waals surface area contributed by atoms with E-state index in [4.69, 9.17) is 0 Å². The van der Waals surface area contributed by atoms with E-state index in [0.29, 0.717) is 16.5 Å². The summed E-state index contributed by atoms with van der Waals surface area (Å²) in [4.78, 5) is 14.0. The lowest BCUT2D eigenvalue weighted by Crippen LogP contribution is -2.19. The van der Waals surface area contributed by atoms with E-state index in [0.717, 1.165) is 60.1 Å². The number of para-hydroxylation sites is 1. The first kappa shape index (κ1) is 20.5. The van der Waals surface area contributed by atoms with Crippen molar-refractivity contribution >= 4 is 59.8 Å². The Bertz CT molecular complexity index is 2430. The first-order chi connectivity index (χ1) is 18.7. The van der Waals surface area contributed by atoms with Gasteiger partial charge in [0.25, 0.3) is 5.56 Å². The number of nitrogens with zero attached hydrogens (tertiary/aromatic N) is 4. The van der Waals surface area contributed by atoms with Crippen LogP contribution in [0.2, 0.25) is 0 Å². The fraction of sp³-hybridized carbons (Fsp3) is 0. The molecule has 0 aliphatic carbocycles. The van der Waals surface area contributed by atoms with Gasteiger partial charge in [0.2, 0.25) is 0 Å². The summed E-state index contributed by atoms with van der Waals surface area (Å²) in [5, 5.41) is 25.9. The zero-order chi connectivity index (χ0) is 25.5. The van der Waals surface area contributed by atoms with E-state index in [2.05, 4.69) is 22.6 Å². The molecule has 0 aliphatic rings. The highest BCUT2D eigenvalue weighted by Gasteiger charge is 2.24. The summed E-state index contributed by atoms with van der Waals surface area (Å²) >= 11 is 0. The molecule has 0 fully saturated rings. The van der Waals surface area contributed by atoms with E-state index in [1.54, 1.807) is 0 Å². The molecule has 0 aliphatic heterocycles. The van der Waals surface area contributed by atoms with Crippen LogP contribution in [0.1, 0.15) is 11.1 Å². The molecule has 8 rings (SSSR count). The number of rotatable bonds is 1. The smallest absolute Gasteiger partial charge is 0.263 e. The van der Waals surface area contributed by atoms with Crippen LogP contribution >= 0.6 is 0 Å². The second kappa shape index (κ2) is 7.20. The number of fused-ring (bicyclic) bond motifs is 10. The van der Waals surface area contributed by atoms with Crippen LogP contribution in [0, 0.1) is 22.7 Å². The number of pyridine rings is 1. The number of hydrogen-bond acceptors (Lipinski definition) is 3. The van der Waals surface area contributed by atoms with Crippen molar-refractivity contribution < 1.29 is 0 Å². The molecule has 0 saturated heterocycles. The summed E-state index contributed by atoms with van der Waals surface area (Å²) < 4.78 is 3.98. The van der Waals surface area contributed by atoms with Gasteiger partial charge in [0.15, 0.2) is 0 Å². The zero-order valence-corrected chi connectivity index (χ0v) is 19.9. The standard InChI is InChI=1S/C33H16N4O/c34-17-19-10-12-22-26-16-29-30(23-8-4-5-9-24(23)33(38)36(29)21-6-2-1-3-7-21)31-25-13-11-20(18-35)15-28(25)37(32(26)31)27(22)14-19/h1-16H. The predicted octanol–water partition coefficient (Wildman–Crippen LogP) is 7.04. The molecule has 174 valence electrons. The maximum absolute atomic E-state index is 14.0. The summed E-state index contributed by atoms with van der Waals surface area (Å²) in [5.41, 5.74) is 5.52. The molecule has 0 atom stereocenters. The lowest BCUT2D eigenvalue weighted by atomic mass is 9.97. The molecule has 0 saturated carbocycles. The average Bonchev–Trinajstić information content (AvgIpc) is 3.48. The fourth-order valence-corrected chi connectivity index (χ4v) is 6.14. The first-order valence-electron chi connectivity index (χ1n) is 12.3. The minimum atomic E-state index is -0.0700. The molecule has 8 aromatic rings. The molecule has 0 unspecified atom stereocenters. The highest BCUT2D eigenvalue weighted by atomic mass is 16.1. The van der Waals surface area contributed by atoms with Gasteiger partial charge in [-0.3, -0.25) is 9.36 Å². The van der Waals surface area contributed by atoms with Crippen LogP contribution in [-0.2, 0) is 0 Å². The van der Waals surface area contributed by atoms with Crippen molar-refractivity contribution in [1.82, 2.24) is 8.97 Å². The van der Waals surface area contributed by atoms with E-state index in [9.17, 15) is 15.3 Å². The van der Waals surface area contributed by atoms with Crippen LogP contribution in [0.4, 0.5) is 0 Å². The normalized spacial score (nSPS) is 11.7. The zero-order valence-electron chi connectivity index (χ0n) is 19.9. The highest BCUT2D eigenvalue weighted by molar-refractivity contribution is 6.35. The Morgan fingerprint density at radius 2 is 1.18 bits per heavy atom. The van der Waals surface area contributed by atoms with Crippen LogP contribution in [0.5, 0.6) is 0 Å². The number of benzene rings is 5. The van der Waals surface area contributed by atoms with Gasteiger partial charge in [0.1, 0.15) is 0 Å². The van der Waals surface area contributed by atoms with Crippen molar-refractivity contribution in [1.29, 1.82) is 10.5 Å². The third-order valence-electron chi connectivity index (χ3n) is 7.68. The minimum Gasteiger partial charge on any atom is -0.308 e. The van der Waals surface area contributed by atoms with Crippen LogP contribution in [0.25, 0.3) is 65.5 Å². The molecule has 0 spiro atoms. The SMILES string of the molecule is N#Cc1ccc2c3cc4c(c5ccccc5c(=O)n4-c4ccccc4)c4c5ccc(C#N)cc5n(c2c1)c34. The van der Waals surface area contributed by atoms with Gasteiger partial charge in [-0.15, -0.1) is 0 Å². The van der Waals surface area contributed by atoms with Crippen molar-refractivity contribution in [2.24, 2.45) is 0 Å². The summed E-state index contributed by atoms with van der Waals surface area (Å²) in [6.07, 6.45) is 0. The van der Waals surface area contributed by atoms with Crippen molar-refractivity contribution in [2.75, 3.05) is 0 Å². The van der Waals surface area contributed by atoms with Gasteiger partial charge in [0, 0.05) is 38.0 Å². The third-order valence-corrected chi connectivity index (χ3v) is 7.68. The van der Waals surface area contributed by atoms with Gasteiger partial charge in [0.05, 0.1) is 45.3 Å². The molecule has 38 heavy (non-hydrogen) atoms. The van der Waals surface area contributed by atoms with Gasteiger partial charge < -0.3 is 4.40 Å². The quantitative estimate of drug-likeness (QED) is 0.235. The predicted molar refractivity (Wildman–Crippen MR) is 151 cm³/mol. The Kier molecular flexibility index (Phi) is 3.89. The third kappa shape index (κ3) is 2.45. The molecule has 3 heterocycles. The Hall–Kier alpha value is -5.65. The number of aromatic nitrogens is 2. The second-order valence-corrected chi connectivity index (χ2v) is 9.59. The van der Waals surface area contributed by atoms with Gasteiger partial charge in [-0.2, -0.15) is 10.5 Å². The van der Waals surface area contributed by atoms with Crippen LogP contribution in [0.3, 0.4) is 0 Å². The molecule has 0 radical (unpaired) electrons. The average molecular weight is 485 g/mol. The lowest BCUT2D eigenvalue weighted by molar-refractivity contribution is 1.06. The molecule has 3 aromatic heterocycles. The monoisotopic (exact) mass is 484 g/mol. The van der Waals surface area contributed by atoms with Gasteiger partial charge in [-0.05, 0) is 53.9 Å². The molecule has 0 bridgehead atoms. The van der Waals surface area contributed by atoms with Gasteiger partial charge in [-0.25, -0.2) is 0 Å². The minimum absolute atomic E-state index is 0.0700. The Labute approximate surface area is 215 Å². The van der Waals surface area contributed by atoms with Crippen LogP contribution < -0.4 is 5.56 Å². The molecule has 5 aromatic carbocycles. The first-order valence-corrected chi connectivity index (χ1v) is 12.3.